The van der Waals surface area contributed by atoms with Crippen LogP contribution >= 0.6 is 15.9 Å². The summed E-state index contributed by atoms with van der Waals surface area (Å²) in [7, 11) is 0. The average Bonchev–Trinajstić information content (AvgIpc) is 2.84. The Bertz CT molecular complexity index is 717. The summed E-state index contributed by atoms with van der Waals surface area (Å²) >= 11 is 3.36. The first kappa shape index (κ1) is 11.2. The highest BCUT2D eigenvalue weighted by Crippen LogP contribution is 2.20. The van der Waals surface area contributed by atoms with E-state index < -0.39 is 0 Å². The van der Waals surface area contributed by atoms with Gasteiger partial charge in [-0.3, -0.25) is 4.57 Å². The van der Waals surface area contributed by atoms with Crippen LogP contribution in [0.25, 0.3) is 11.2 Å². The summed E-state index contributed by atoms with van der Waals surface area (Å²) in [6.07, 6.45) is 1.72. The average molecular weight is 308 g/mol. The van der Waals surface area contributed by atoms with E-state index in [4.69, 9.17) is 10.3 Å². The fourth-order valence-electron chi connectivity index (χ4n) is 1.81. The highest BCUT2D eigenvalue weighted by Gasteiger charge is 2.11. The molecule has 3 rings (SSSR count). The molecule has 0 aliphatic heterocycles. The maximum atomic E-state index is 5.90. The number of aryl methyl sites for hydroxylation is 1. The normalized spacial score (nSPS) is 11.2. The van der Waals surface area contributed by atoms with Crippen LogP contribution < -0.4 is 5.73 Å². The van der Waals surface area contributed by atoms with Crippen molar-refractivity contribution in [1.82, 2.24) is 19.7 Å². The van der Waals surface area contributed by atoms with E-state index >= 15 is 0 Å². The molecule has 0 amide bonds. The molecule has 7 heteroatoms. The van der Waals surface area contributed by atoms with Gasteiger partial charge in [0.1, 0.15) is 17.0 Å². The molecule has 18 heavy (non-hydrogen) atoms. The van der Waals surface area contributed by atoms with Crippen molar-refractivity contribution in [2.45, 2.75) is 13.5 Å². The summed E-state index contributed by atoms with van der Waals surface area (Å²) in [5.74, 6) is 1.18. The van der Waals surface area contributed by atoms with Crippen LogP contribution in [0.15, 0.2) is 27.3 Å². The quantitative estimate of drug-likeness (QED) is 0.784. The third-order valence-corrected chi connectivity index (χ3v) is 3.01. The van der Waals surface area contributed by atoms with Crippen molar-refractivity contribution in [1.29, 1.82) is 0 Å². The van der Waals surface area contributed by atoms with Gasteiger partial charge in [-0.15, -0.1) is 0 Å². The van der Waals surface area contributed by atoms with Crippen LogP contribution in [0, 0.1) is 6.92 Å². The maximum Gasteiger partial charge on any atom is 0.202 e. The second-order valence-corrected chi connectivity index (χ2v) is 4.90. The summed E-state index contributed by atoms with van der Waals surface area (Å²) in [4.78, 5) is 8.59. The molecule has 3 aromatic rings. The standard InChI is InChI=1S/C11H10BrN5O/c1-6-2-8(16-18-6)5-17-10-9(15-11(17)13)3-7(12)4-14-10/h2-4H,5H2,1H3,(H2,13,15). The molecule has 0 unspecified atom stereocenters. The van der Waals surface area contributed by atoms with Crippen molar-refractivity contribution < 1.29 is 4.52 Å². The molecular weight excluding hydrogens is 298 g/mol. The van der Waals surface area contributed by atoms with Gasteiger partial charge in [0, 0.05) is 16.7 Å². The number of rotatable bonds is 2. The summed E-state index contributed by atoms with van der Waals surface area (Å²) in [6.45, 7) is 2.34. The minimum absolute atomic E-state index is 0.413. The Morgan fingerprint density at radius 2 is 2.28 bits per heavy atom. The number of nitrogens with zero attached hydrogens (tertiary/aromatic N) is 4. The SMILES string of the molecule is Cc1cc(Cn2c(N)nc3cc(Br)cnc32)no1. The summed E-state index contributed by atoms with van der Waals surface area (Å²) in [6, 6.07) is 3.74. The van der Waals surface area contributed by atoms with Gasteiger partial charge in [-0.1, -0.05) is 5.16 Å². The topological polar surface area (TPSA) is 82.8 Å². The summed E-state index contributed by atoms with van der Waals surface area (Å²) in [5, 5.41) is 3.94. The third kappa shape index (κ3) is 1.86. The molecule has 2 N–H and O–H groups in total. The van der Waals surface area contributed by atoms with Gasteiger partial charge in [-0.2, -0.15) is 0 Å². The number of fused-ring (bicyclic) bond motifs is 1. The zero-order valence-corrected chi connectivity index (χ0v) is 11.2. The zero-order valence-electron chi connectivity index (χ0n) is 9.59. The van der Waals surface area contributed by atoms with Crippen LogP contribution in [0.4, 0.5) is 5.95 Å². The van der Waals surface area contributed by atoms with Gasteiger partial charge in [-0.05, 0) is 28.9 Å². The Hall–Kier alpha value is -1.89. The lowest BCUT2D eigenvalue weighted by Gasteiger charge is -2.02. The molecule has 6 nitrogen and oxygen atoms in total. The molecular formula is C11H10BrN5O. The molecule has 3 aromatic heterocycles. The lowest BCUT2D eigenvalue weighted by Crippen LogP contribution is -2.05. The van der Waals surface area contributed by atoms with Gasteiger partial charge in [0.2, 0.25) is 5.95 Å². The first-order valence-electron chi connectivity index (χ1n) is 5.33. The first-order valence-corrected chi connectivity index (χ1v) is 6.12. The van der Waals surface area contributed by atoms with E-state index in [0.717, 1.165) is 27.1 Å². The number of imidazole rings is 1. The molecule has 0 atom stereocenters. The minimum Gasteiger partial charge on any atom is -0.369 e. The molecule has 0 spiro atoms. The number of anilines is 1. The second-order valence-electron chi connectivity index (χ2n) is 3.98. The molecule has 0 saturated carbocycles. The number of halogens is 1. The number of nitrogen functional groups attached to an aromatic ring is 1. The van der Waals surface area contributed by atoms with Gasteiger partial charge in [0.05, 0.1) is 6.54 Å². The van der Waals surface area contributed by atoms with E-state index in [1.165, 1.54) is 0 Å². The Morgan fingerprint density at radius 1 is 1.44 bits per heavy atom. The van der Waals surface area contributed by atoms with Crippen molar-refractivity contribution in [3.63, 3.8) is 0 Å². The summed E-state index contributed by atoms with van der Waals surface area (Å²) < 4.78 is 7.71. The van der Waals surface area contributed by atoms with Crippen LogP contribution in [0.1, 0.15) is 11.5 Å². The van der Waals surface area contributed by atoms with Gasteiger partial charge < -0.3 is 10.3 Å². The first-order chi connectivity index (χ1) is 8.63. The van der Waals surface area contributed by atoms with Crippen molar-refractivity contribution in [3.05, 3.63) is 34.3 Å². The lowest BCUT2D eigenvalue weighted by molar-refractivity contribution is 0.389. The summed E-state index contributed by atoms with van der Waals surface area (Å²) in [5.41, 5.74) is 8.18. The van der Waals surface area contributed by atoms with E-state index in [9.17, 15) is 0 Å². The Labute approximate surface area is 111 Å². The largest absolute Gasteiger partial charge is 0.369 e. The Morgan fingerprint density at radius 3 is 3.00 bits per heavy atom. The van der Waals surface area contributed by atoms with Gasteiger partial charge >= 0.3 is 0 Å². The molecule has 0 aromatic carbocycles. The predicted molar refractivity (Wildman–Crippen MR) is 70.0 cm³/mol. The van der Waals surface area contributed by atoms with E-state index in [1.807, 2.05) is 19.1 Å². The maximum absolute atomic E-state index is 5.90. The molecule has 0 aliphatic carbocycles. The van der Waals surface area contributed by atoms with Crippen LogP contribution in [0.3, 0.4) is 0 Å². The monoisotopic (exact) mass is 307 g/mol. The van der Waals surface area contributed by atoms with Crippen molar-refractivity contribution >= 4 is 33.0 Å². The Balaban J connectivity index is 2.08. The molecule has 0 fully saturated rings. The third-order valence-electron chi connectivity index (χ3n) is 2.58. The highest BCUT2D eigenvalue weighted by atomic mass is 79.9. The van der Waals surface area contributed by atoms with Crippen molar-refractivity contribution in [2.75, 3.05) is 5.73 Å². The van der Waals surface area contributed by atoms with Gasteiger partial charge in [-0.25, -0.2) is 9.97 Å². The van der Waals surface area contributed by atoms with Crippen LogP contribution in [0.2, 0.25) is 0 Å². The van der Waals surface area contributed by atoms with Crippen LogP contribution in [-0.4, -0.2) is 19.7 Å². The molecule has 3 heterocycles. The van der Waals surface area contributed by atoms with E-state index in [0.29, 0.717) is 12.5 Å². The number of pyridine rings is 1. The Kier molecular flexibility index (Phi) is 2.55. The second kappa shape index (κ2) is 4.09. The number of hydrogen-bond acceptors (Lipinski definition) is 5. The molecule has 92 valence electrons. The van der Waals surface area contributed by atoms with Gasteiger partial charge in [0.25, 0.3) is 0 Å². The minimum atomic E-state index is 0.413. The number of nitrogens with two attached hydrogens (primary N) is 1. The zero-order chi connectivity index (χ0) is 12.7. The lowest BCUT2D eigenvalue weighted by atomic mass is 10.3. The fourth-order valence-corrected chi connectivity index (χ4v) is 2.13. The molecule has 0 saturated heterocycles. The molecule has 0 radical (unpaired) electrons. The number of aromatic nitrogens is 4. The fraction of sp³-hybridized carbons (Fsp3) is 0.182. The number of hydrogen-bond donors (Lipinski definition) is 1. The molecule has 0 aliphatic rings. The van der Waals surface area contributed by atoms with Crippen LogP contribution in [0.5, 0.6) is 0 Å². The van der Waals surface area contributed by atoms with Crippen LogP contribution in [-0.2, 0) is 6.54 Å². The van der Waals surface area contributed by atoms with Crippen molar-refractivity contribution in [3.8, 4) is 0 Å². The van der Waals surface area contributed by atoms with E-state index in [1.54, 1.807) is 10.8 Å². The van der Waals surface area contributed by atoms with E-state index in [2.05, 4.69) is 31.1 Å². The highest BCUT2D eigenvalue weighted by molar-refractivity contribution is 9.10. The van der Waals surface area contributed by atoms with Crippen molar-refractivity contribution in [2.24, 2.45) is 0 Å². The van der Waals surface area contributed by atoms with Gasteiger partial charge in [0.15, 0.2) is 5.65 Å². The van der Waals surface area contributed by atoms with E-state index in [-0.39, 0.29) is 0 Å². The molecule has 0 bridgehead atoms. The predicted octanol–water partition coefficient (Wildman–Crippen LogP) is 2.12. The smallest absolute Gasteiger partial charge is 0.202 e.